The molecule has 2 aromatic heterocycles. The number of para-hydroxylation sites is 1. The largest absolute Gasteiger partial charge is 0.378 e. The van der Waals surface area contributed by atoms with Crippen molar-refractivity contribution in [3.05, 3.63) is 66.1 Å². The molecular weight excluding hydrogens is 344 g/mol. The van der Waals surface area contributed by atoms with E-state index in [-0.39, 0.29) is 23.2 Å². The predicted molar refractivity (Wildman–Crippen MR) is 101 cm³/mol. The first-order valence-electron chi connectivity index (χ1n) is 8.71. The first-order chi connectivity index (χ1) is 13.2. The van der Waals surface area contributed by atoms with Crippen LogP contribution < -0.4 is 5.32 Å². The molecule has 3 heterocycles. The number of aromatic nitrogens is 2. The Morgan fingerprint density at radius 2 is 1.70 bits per heavy atom. The van der Waals surface area contributed by atoms with Crippen LogP contribution >= 0.6 is 0 Å². The Hall–Kier alpha value is -3.32. The molecule has 2 amide bonds. The third-order valence-corrected chi connectivity index (χ3v) is 4.38. The van der Waals surface area contributed by atoms with E-state index in [0.29, 0.717) is 37.5 Å². The van der Waals surface area contributed by atoms with E-state index in [1.54, 1.807) is 35.4 Å². The lowest BCUT2D eigenvalue weighted by molar-refractivity contribution is 0.0299. The zero-order valence-corrected chi connectivity index (χ0v) is 14.6. The number of rotatable bonds is 3. The van der Waals surface area contributed by atoms with Gasteiger partial charge in [-0.2, -0.15) is 0 Å². The number of hydrogen-bond acceptors (Lipinski definition) is 5. The zero-order valence-electron chi connectivity index (χ0n) is 14.6. The maximum atomic E-state index is 12.7. The highest BCUT2D eigenvalue weighted by Crippen LogP contribution is 2.21. The summed E-state index contributed by atoms with van der Waals surface area (Å²) in [6, 6.07) is 14.2. The van der Waals surface area contributed by atoms with Gasteiger partial charge < -0.3 is 15.0 Å². The molecule has 1 aromatic carbocycles. The second-order valence-corrected chi connectivity index (χ2v) is 6.15. The molecule has 1 aliphatic rings. The second kappa shape index (κ2) is 7.51. The van der Waals surface area contributed by atoms with Crippen molar-refractivity contribution in [1.29, 1.82) is 0 Å². The van der Waals surface area contributed by atoms with Crippen LogP contribution in [0.1, 0.15) is 21.0 Å². The lowest BCUT2D eigenvalue weighted by atomic mass is 10.2. The number of nitrogens with one attached hydrogen (secondary N) is 1. The van der Waals surface area contributed by atoms with Crippen molar-refractivity contribution in [2.45, 2.75) is 0 Å². The van der Waals surface area contributed by atoms with E-state index < -0.39 is 0 Å². The van der Waals surface area contributed by atoms with Crippen LogP contribution in [0.3, 0.4) is 0 Å². The van der Waals surface area contributed by atoms with E-state index in [9.17, 15) is 9.59 Å². The molecule has 7 nitrogen and oxygen atoms in total. The van der Waals surface area contributed by atoms with Crippen LogP contribution in [0.5, 0.6) is 0 Å². The number of hydrogen-bond donors (Lipinski definition) is 1. The standard InChI is InChI=1S/C20H18N4O3/c25-19(23-15-6-1-4-14-5-3-9-21-18(14)15)16-7-2-8-17(22-16)20(26)24-10-12-27-13-11-24/h1-9H,10-13H2,(H,23,25). The molecule has 0 bridgehead atoms. The zero-order chi connectivity index (χ0) is 18.6. The van der Waals surface area contributed by atoms with Gasteiger partial charge in [-0.3, -0.25) is 14.6 Å². The molecule has 0 spiro atoms. The van der Waals surface area contributed by atoms with Gasteiger partial charge in [0.25, 0.3) is 11.8 Å². The summed E-state index contributed by atoms with van der Waals surface area (Å²) in [6.45, 7) is 2.08. The average molecular weight is 362 g/mol. The summed E-state index contributed by atoms with van der Waals surface area (Å²) in [6.07, 6.45) is 1.68. The molecule has 136 valence electrons. The first-order valence-corrected chi connectivity index (χ1v) is 8.71. The Bertz CT molecular complexity index is 994. The number of ether oxygens (including phenoxy) is 1. The minimum Gasteiger partial charge on any atom is -0.378 e. The van der Waals surface area contributed by atoms with Gasteiger partial charge in [-0.25, -0.2) is 4.98 Å². The van der Waals surface area contributed by atoms with E-state index in [1.165, 1.54) is 0 Å². The quantitative estimate of drug-likeness (QED) is 0.773. The molecule has 1 saturated heterocycles. The number of amides is 2. The van der Waals surface area contributed by atoms with Crippen molar-refractivity contribution >= 4 is 28.4 Å². The second-order valence-electron chi connectivity index (χ2n) is 6.15. The highest BCUT2D eigenvalue weighted by atomic mass is 16.5. The van der Waals surface area contributed by atoms with Crippen LogP contribution in [0.2, 0.25) is 0 Å². The summed E-state index contributed by atoms with van der Waals surface area (Å²) in [5.74, 6) is -0.579. The molecule has 3 aromatic rings. The van der Waals surface area contributed by atoms with Crippen molar-refractivity contribution in [3.8, 4) is 0 Å². The van der Waals surface area contributed by atoms with Gasteiger partial charge in [0.2, 0.25) is 0 Å². The van der Waals surface area contributed by atoms with Crippen LogP contribution in [0.25, 0.3) is 10.9 Å². The Balaban J connectivity index is 1.56. The Kier molecular flexibility index (Phi) is 4.76. The van der Waals surface area contributed by atoms with Crippen molar-refractivity contribution in [1.82, 2.24) is 14.9 Å². The number of anilines is 1. The normalized spacial score (nSPS) is 14.1. The molecule has 1 fully saturated rings. The highest BCUT2D eigenvalue weighted by molar-refractivity contribution is 6.07. The van der Waals surface area contributed by atoms with Gasteiger partial charge in [-0.15, -0.1) is 0 Å². The smallest absolute Gasteiger partial charge is 0.274 e. The van der Waals surface area contributed by atoms with E-state index in [2.05, 4.69) is 15.3 Å². The fourth-order valence-electron chi connectivity index (χ4n) is 3.00. The van der Waals surface area contributed by atoms with Crippen LogP contribution in [-0.4, -0.2) is 53.0 Å². The molecule has 7 heteroatoms. The third kappa shape index (κ3) is 3.63. The summed E-state index contributed by atoms with van der Waals surface area (Å²) in [5, 5.41) is 3.77. The fraction of sp³-hybridized carbons (Fsp3) is 0.200. The molecule has 1 N–H and O–H groups in total. The number of pyridine rings is 2. The summed E-state index contributed by atoms with van der Waals surface area (Å²) in [4.78, 5) is 35.5. The van der Waals surface area contributed by atoms with Crippen LogP contribution in [0.15, 0.2) is 54.7 Å². The Morgan fingerprint density at radius 1 is 0.963 bits per heavy atom. The number of carbonyl (C=O) groups is 2. The minimum atomic E-state index is -0.384. The van der Waals surface area contributed by atoms with Gasteiger partial charge in [-0.1, -0.05) is 24.3 Å². The summed E-state index contributed by atoms with van der Waals surface area (Å²) in [5.41, 5.74) is 1.74. The fourth-order valence-corrected chi connectivity index (χ4v) is 3.00. The number of morpholine rings is 1. The van der Waals surface area contributed by atoms with Crippen molar-refractivity contribution < 1.29 is 14.3 Å². The molecule has 4 rings (SSSR count). The molecule has 0 atom stereocenters. The molecule has 27 heavy (non-hydrogen) atoms. The highest BCUT2D eigenvalue weighted by Gasteiger charge is 2.21. The van der Waals surface area contributed by atoms with Gasteiger partial charge in [0.15, 0.2) is 0 Å². The Labute approximate surface area is 156 Å². The molecule has 0 saturated carbocycles. The average Bonchev–Trinajstić information content (AvgIpc) is 2.74. The number of carbonyl (C=O) groups excluding carboxylic acids is 2. The van der Waals surface area contributed by atoms with Gasteiger partial charge in [0, 0.05) is 24.7 Å². The van der Waals surface area contributed by atoms with Gasteiger partial charge in [-0.05, 0) is 24.3 Å². The van der Waals surface area contributed by atoms with Crippen LogP contribution in [-0.2, 0) is 4.74 Å². The van der Waals surface area contributed by atoms with Crippen LogP contribution in [0.4, 0.5) is 5.69 Å². The molecule has 0 aliphatic carbocycles. The monoisotopic (exact) mass is 362 g/mol. The lowest BCUT2D eigenvalue weighted by Gasteiger charge is -2.26. The topological polar surface area (TPSA) is 84.4 Å². The first kappa shape index (κ1) is 17.1. The van der Waals surface area contributed by atoms with Crippen molar-refractivity contribution in [2.75, 3.05) is 31.6 Å². The van der Waals surface area contributed by atoms with Crippen LogP contribution in [0, 0.1) is 0 Å². The van der Waals surface area contributed by atoms with Gasteiger partial charge in [0.1, 0.15) is 11.4 Å². The van der Waals surface area contributed by atoms with Crippen molar-refractivity contribution in [3.63, 3.8) is 0 Å². The lowest BCUT2D eigenvalue weighted by Crippen LogP contribution is -2.41. The van der Waals surface area contributed by atoms with Gasteiger partial charge >= 0.3 is 0 Å². The molecule has 0 radical (unpaired) electrons. The SMILES string of the molecule is O=C(Nc1cccc2cccnc12)c1cccc(C(=O)N2CCOCC2)n1. The van der Waals surface area contributed by atoms with E-state index in [4.69, 9.17) is 4.74 Å². The van der Waals surface area contributed by atoms with Gasteiger partial charge in [0.05, 0.1) is 24.4 Å². The maximum absolute atomic E-state index is 12.7. The number of nitrogens with zero attached hydrogens (tertiary/aromatic N) is 3. The Morgan fingerprint density at radius 3 is 2.56 bits per heavy atom. The number of fused-ring (bicyclic) bond motifs is 1. The molecular formula is C20H18N4O3. The third-order valence-electron chi connectivity index (χ3n) is 4.38. The predicted octanol–water partition coefficient (Wildman–Crippen LogP) is 2.35. The summed E-state index contributed by atoms with van der Waals surface area (Å²) in [7, 11) is 0. The van der Waals surface area contributed by atoms with E-state index >= 15 is 0 Å². The number of benzene rings is 1. The van der Waals surface area contributed by atoms with Crippen molar-refractivity contribution in [2.24, 2.45) is 0 Å². The van der Waals surface area contributed by atoms with E-state index in [1.807, 2.05) is 24.3 Å². The van der Waals surface area contributed by atoms with E-state index in [0.717, 1.165) is 5.39 Å². The summed E-state index contributed by atoms with van der Waals surface area (Å²) < 4.78 is 5.26. The maximum Gasteiger partial charge on any atom is 0.274 e. The minimum absolute atomic E-state index is 0.182. The molecule has 0 unspecified atom stereocenters. The summed E-state index contributed by atoms with van der Waals surface area (Å²) >= 11 is 0. The molecule has 1 aliphatic heterocycles.